The largest absolute Gasteiger partial charge is 0.277 e. The van der Waals surface area contributed by atoms with Crippen molar-refractivity contribution in [3.05, 3.63) is 60.4 Å². The van der Waals surface area contributed by atoms with Crippen molar-refractivity contribution < 1.29 is 9.63 Å². The van der Waals surface area contributed by atoms with Crippen molar-refractivity contribution in [2.75, 3.05) is 14.2 Å². The van der Waals surface area contributed by atoms with E-state index in [1.165, 1.54) is 12.2 Å². The van der Waals surface area contributed by atoms with Gasteiger partial charge in [0.15, 0.2) is 0 Å². The molecule has 5 heteroatoms. The molecule has 1 amide bonds. The zero-order valence-corrected chi connectivity index (χ0v) is 12.4. The molecule has 0 aliphatic heterocycles. The number of hydroxylamine groups is 2. The van der Waals surface area contributed by atoms with E-state index in [4.69, 9.17) is 4.84 Å². The van der Waals surface area contributed by atoms with Crippen LogP contribution >= 0.6 is 0 Å². The molecule has 0 spiro atoms. The second kappa shape index (κ2) is 5.91. The van der Waals surface area contributed by atoms with Crippen LogP contribution in [0.5, 0.6) is 0 Å². The Balaban J connectivity index is 1.92. The Kier molecular flexibility index (Phi) is 3.80. The number of amides is 1. The number of pyridine rings is 2. The van der Waals surface area contributed by atoms with Crippen LogP contribution in [0.25, 0.3) is 22.2 Å². The molecule has 5 nitrogen and oxygen atoms in total. The van der Waals surface area contributed by atoms with Gasteiger partial charge in [-0.2, -0.15) is 0 Å². The van der Waals surface area contributed by atoms with Gasteiger partial charge in [0.1, 0.15) is 0 Å². The summed E-state index contributed by atoms with van der Waals surface area (Å²) >= 11 is 0. The highest BCUT2D eigenvalue weighted by Gasteiger charge is 2.11. The van der Waals surface area contributed by atoms with Crippen molar-refractivity contribution >= 4 is 16.9 Å². The van der Waals surface area contributed by atoms with E-state index in [9.17, 15) is 4.79 Å². The molecule has 0 radical (unpaired) electrons. The van der Waals surface area contributed by atoms with Gasteiger partial charge in [-0.15, -0.1) is 0 Å². The molecule has 1 aromatic carbocycles. The third-order valence-corrected chi connectivity index (χ3v) is 3.48. The van der Waals surface area contributed by atoms with E-state index in [0.29, 0.717) is 5.56 Å². The monoisotopic (exact) mass is 293 g/mol. The number of aromatic nitrogens is 2. The van der Waals surface area contributed by atoms with Gasteiger partial charge in [-0.25, -0.2) is 5.06 Å². The molecule has 0 saturated heterocycles. The van der Waals surface area contributed by atoms with Crippen LogP contribution in [-0.2, 0) is 4.84 Å². The van der Waals surface area contributed by atoms with Gasteiger partial charge in [0, 0.05) is 30.6 Å². The van der Waals surface area contributed by atoms with Crippen LogP contribution in [-0.4, -0.2) is 35.1 Å². The summed E-state index contributed by atoms with van der Waals surface area (Å²) in [5.74, 6) is -0.188. The van der Waals surface area contributed by atoms with Gasteiger partial charge >= 0.3 is 0 Å². The maximum absolute atomic E-state index is 12.0. The predicted octanol–water partition coefficient (Wildman–Crippen LogP) is 2.93. The number of benzene rings is 1. The van der Waals surface area contributed by atoms with Crippen molar-refractivity contribution in [3.63, 3.8) is 0 Å². The molecule has 2 aromatic heterocycles. The number of rotatable bonds is 3. The van der Waals surface area contributed by atoms with Crippen molar-refractivity contribution in [2.24, 2.45) is 0 Å². The third-order valence-electron chi connectivity index (χ3n) is 3.48. The third kappa shape index (κ3) is 2.66. The molecule has 0 saturated carbocycles. The van der Waals surface area contributed by atoms with E-state index in [0.717, 1.165) is 22.2 Å². The van der Waals surface area contributed by atoms with Gasteiger partial charge < -0.3 is 0 Å². The van der Waals surface area contributed by atoms with E-state index < -0.39 is 0 Å². The molecule has 0 atom stereocenters. The topological polar surface area (TPSA) is 55.3 Å². The van der Waals surface area contributed by atoms with Crippen LogP contribution < -0.4 is 0 Å². The number of hydrogen-bond acceptors (Lipinski definition) is 4. The van der Waals surface area contributed by atoms with Crippen LogP contribution in [0.15, 0.2) is 54.9 Å². The SMILES string of the molecule is CON(C)C(=O)c1ccc(-c2cnc3cccnc3c2)cc1. The summed E-state index contributed by atoms with van der Waals surface area (Å²) in [5, 5.41) is 1.19. The predicted molar refractivity (Wildman–Crippen MR) is 84.1 cm³/mol. The van der Waals surface area contributed by atoms with Crippen molar-refractivity contribution in [3.8, 4) is 11.1 Å². The summed E-state index contributed by atoms with van der Waals surface area (Å²) in [6, 6.07) is 13.1. The standard InChI is InChI=1S/C17H15N3O2/c1-20(22-2)17(21)13-7-5-12(6-8-13)14-10-16-15(19-11-14)4-3-9-18-16/h3-11H,1-2H3. The van der Waals surface area contributed by atoms with E-state index in [1.807, 2.05) is 36.5 Å². The first kappa shape index (κ1) is 14.2. The average Bonchev–Trinajstić information content (AvgIpc) is 2.60. The van der Waals surface area contributed by atoms with E-state index in [2.05, 4.69) is 9.97 Å². The first-order chi connectivity index (χ1) is 10.7. The number of carbonyl (C=O) groups excluding carboxylic acids is 1. The Morgan fingerprint density at radius 2 is 1.82 bits per heavy atom. The highest BCUT2D eigenvalue weighted by atomic mass is 16.7. The summed E-state index contributed by atoms with van der Waals surface area (Å²) in [4.78, 5) is 25.6. The fourth-order valence-electron chi connectivity index (χ4n) is 2.18. The summed E-state index contributed by atoms with van der Waals surface area (Å²) < 4.78 is 0. The smallest absolute Gasteiger partial charge is 0.274 e. The minimum absolute atomic E-state index is 0.188. The molecule has 0 aliphatic rings. The molecule has 110 valence electrons. The molecule has 3 aromatic rings. The van der Waals surface area contributed by atoms with E-state index >= 15 is 0 Å². The van der Waals surface area contributed by atoms with Crippen LogP contribution in [0.4, 0.5) is 0 Å². The van der Waals surface area contributed by atoms with Gasteiger partial charge in [-0.1, -0.05) is 12.1 Å². The van der Waals surface area contributed by atoms with Gasteiger partial charge in [-0.3, -0.25) is 19.6 Å². The van der Waals surface area contributed by atoms with Crippen molar-refractivity contribution in [2.45, 2.75) is 0 Å². The first-order valence-electron chi connectivity index (χ1n) is 6.82. The van der Waals surface area contributed by atoms with Crippen molar-refractivity contribution in [1.29, 1.82) is 0 Å². The second-order valence-electron chi connectivity index (χ2n) is 4.83. The summed E-state index contributed by atoms with van der Waals surface area (Å²) in [7, 11) is 3.04. The lowest BCUT2D eigenvalue weighted by molar-refractivity contribution is -0.0756. The van der Waals surface area contributed by atoms with Gasteiger partial charge in [-0.05, 0) is 35.9 Å². The van der Waals surface area contributed by atoms with Crippen molar-refractivity contribution in [1.82, 2.24) is 15.0 Å². The van der Waals surface area contributed by atoms with Crippen LogP contribution in [0, 0.1) is 0 Å². The maximum atomic E-state index is 12.0. The molecule has 2 heterocycles. The Bertz CT molecular complexity index is 816. The fraction of sp³-hybridized carbons (Fsp3) is 0.118. The lowest BCUT2D eigenvalue weighted by atomic mass is 10.0. The number of nitrogens with zero attached hydrogens (tertiary/aromatic N) is 3. The maximum Gasteiger partial charge on any atom is 0.277 e. The molecule has 0 unspecified atom stereocenters. The Morgan fingerprint density at radius 3 is 2.55 bits per heavy atom. The summed E-state index contributed by atoms with van der Waals surface area (Å²) in [5.41, 5.74) is 4.22. The zero-order valence-electron chi connectivity index (χ0n) is 12.4. The number of hydrogen-bond donors (Lipinski definition) is 0. The molecular formula is C17H15N3O2. The number of fused-ring (bicyclic) bond motifs is 1. The molecular weight excluding hydrogens is 278 g/mol. The van der Waals surface area contributed by atoms with Crippen LogP contribution in [0.3, 0.4) is 0 Å². The van der Waals surface area contributed by atoms with Crippen LogP contribution in [0.1, 0.15) is 10.4 Å². The Hall–Kier alpha value is -2.79. The first-order valence-corrected chi connectivity index (χ1v) is 6.82. The van der Waals surface area contributed by atoms with E-state index in [1.54, 1.807) is 25.4 Å². The highest BCUT2D eigenvalue weighted by Crippen LogP contribution is 2.22. The fourth-order valence-corrected chi connectivity index (χ4v) is 2.18. The quantitative estimate of drug-likeness (QED) is 0.697. The normalized spacial score (nSPS) is 10.6. The minimum atomic E-state index is -0.188. The second-order valence-corrected chi connectivity index (χ2v) is 4.83. The van der Waals surface area contributed by atoms with Crippen LogP contribution in [0.2, 0.25) is 0 Å². The van der Waals surface area contributed by atoms with E-state index in [-0.39, 0.29) is 5.91 Å². The Morgan fingerprint density at radius 1 is 1.05 bits per heavy atom. The van der Waals surface area contributed by atoms with Gasteiger partial charge in [0.25, 0.3) is 5.91 Å². The lowest BCUT2D eigenvalue weighted by Crippen LogP contribution is -2.25. The minimum Gasteiger partial charge on any atom is -0.274 e. The zero-order chi connectivity index (χ0) is 15.5. The average molecular weight is 293 g/mol. The number of carbonyl (C=O) groups is 1. The van der Waals surface area contributed by atoms with Gasteiger partial charge in [0.05, 0.1) is 18.1 Å². The molecule has 22 heavy (non-hydrogen) atoms. The molecule has 0 bridgehead atoms. The van der Waals surface area contributed by atoms with Gasteiger partial charge in [0.2, 0.25) is 0 Å². The Labute approximate surface area is 128 Å². The highest BCUT2D eigenvalue weighted by molar-refractivity contribution is 5.94. The molecule has 0 aliphatic carbocycles. The molecule has 0 fully saturated rings. The molecule has 0 N–H and O–H groups in total. The lowest BCUT2D eigenvalue weighted by Gasteiger charge is -2.13. The molecule has 3 rings (SSSR count). The summed E-state index contributed by atoms with van der Waals surface area (Å²) in [6.07, 6.45) is 3.55. The summed E-state index contributed by atoms with van der Waals surface area (Å²) in [6.45, 7) is 0.